The van der Waals surface area contributed by atoms with Gasteiger partial charge in [0.05, 0.1) is 0 Å². The van der Waals surface area contributed by atoms with Gasteiger partial charge in [0, 0.05) is 0 Å². The first-order valence-electron chi connectivity index (χ1n) is 0.816. The lowest BCUT2D eigenvalue weighted by Crippen LogP contribution is -0.865. The maximum atomic E-state index is 6.12. The Morgan fingerprint density at radius 3 is 1.60 bits per heavy atom. The predicted molar refractivity (Wildman–Crippen MR) is 31.7 cm³/mol. The van der Waals surface area contributed by atoms with E-state index in [1.807, 2.05) is 0 Å². The molecule has 0 aliphatic rings. The van der Waals surface area contributed by atoms with Gasteiger partial charge in [0.15, 0.2) is 0 Å². The molecular formula is C2H14N2S. The van der Waals surface area contributed by atoms with Gasteiger partial charge in [-0.25, -0.2) is 0 Å². The highest BCUT2D eigenvalue weighted by molar-refractivity contribution is 7.79. The Morgan fingerprint density at radius 1 is 1.60 bits per heavy atom. The molecule has 0 heterocycles. The van der Waals surface area contributed by atoms with Crippen LogP contribution in [0.1, 0.15) is 7.43 Å². The van der Waals surface area contributed by atoms with E-state index < -0.39 is 0 Å². The Kier molecular flexibility index (Phi) is 2340. The van der Waals surface area contributed by atoms with Gasteiger partial charge in [0.1, 0.15) is 1.12 Å². The number of hydrogen-bond acceptors (Lipinski definition) is 3. The highest BCUT2D eigenvalue weighted by atomic mass is 32.1. The van der Waals surface area contributed by atoms with Crippen molar-refractivity contribution in [3.63, 3.8) is 0 Å². The van der Waals surface area contributed by atoms with Gasteiger partial charge < -0.3 is 12.3 Å². The maximum absolute atomic E-state index is 6.12. The molecule has 0 unspecified atom stereocenters. The second-order valence-electron chi connectivity index (χ2n) is 0. The van der Waals surface area contributed by atoms with Crippen molar-refractivity contribution in [3.05, 3.63) is 0 Å². The second-order valence-corrected chi connectivity index (χ2v) is 0. The second kappa shape index (κ2) is 626. The third-order valence-electron chi connectivity index (χ3n) is 0. The Morgan fingerprint density at radius 2 is 1.60 bits per heavy atom. The zero-order chi connectivity index (χ0) is 2.71. The van der Waals surface area contributed by atoms with Crippen LogP contribution in [0.15, 0.2) is 0 Å². The fraction of sp³-hybridized carbons (Fsp3) is 1.00. The van der Waals surface area contributed by atoms with E-state index in [1.165, 1.54) is 0 Å². The van der Waals surface area contributed by atoms with Crippen LogP contribution < -0.4 is 12.3 Å². The Labute approximate surface area is 40.6 Å². The van der Waals surface area contributed by atoms with Crippen LogP contribution in [0.2, 0.25) is 0 Å². The van der Waals surface area contributed by atoms with Gasteiger partial charge in [0.2, 0.25) is 0 Å². The molecule has 0 aromatic carbocycles. The van der Waals surface area contributed by atoms with E-state index in [0.717, 1.165) is 12.5 Å². The van der Waals surface area contributed by atoms with Gasteiger partial charge in [-0.2, -0.15) is 12.5 Å². The average Bonchev–Trinajstić information content (AvgIpc) is 0.918. The third-order valence-corrected chi connectivity index (χ3v) is 0. The van der Waals surface area contributed by atoms with Crippen LogP contribution in [0.25, 0.3) is 0 Å². The SMILES string of the molecule is C.N.N.[3H]SC. The lowest BCUT2D eigenvalue weighted by molar-refractivity contribution is 2.13. The molecule has 0 rings (SSSR count). The molecular weight excluding hydrogens is 84.1 g/mol. The molecule has 38 valence electrons. The minimum absolute atomic E-state index is 0. The summed E-state index contributed by atoms with van der Waals surface area (Å²) < 4.78 is 6.12. The van der Waals surface area contributed by atoms with Crippen LogP contribution in [0.5, 0.6) is 0 Å². The largest absolute Gasteiger partial charge is 0.344 e. The third kappa shape index (κ3) is 302. The fourth-order valence-corrected chi connectivity index (χ4v) is 0. The van der Waals surface area contributed by atoms with Crippen LogP contribution in [0, 0.1) is 0 Å². The molecule has 0 radical (unpaired) electrons. The summed E-state index contributed by atoms with van der Waals surface area (Å²) in [4.78, 5) is 0. The lowest BCUT2D eigenvalue weighted by Gasteiger charge is -1.11. The highest BCUT2D eigenvalue weighted by Gasteiger charge is 0.901. The smallest absolute Gasteiger partial charge is 0.102 e. The lowest BCUT2D eigenvalue weighted by atomic mass is 12.0. The van der Waals surface area contributed by atoms with E-state index in [-0.39, 0.29) is 19.7 Å². The summed E-state index contributed by atoms with van der Waals surface area (Å²) in [5, 5.41) is 0. The molecule has 5 heavy (non-hydrogen) atoms. The van der Waals surface area contributed by atoms with Crippen LogP contribution >= 0.6 is 12.5 Å². The van der Waals surface area contributed by atoms with Crippen molar-refractivity contribution in [3.8, 4) is 0 Å². The van der Waals surface area contributed by atoms with Crippen molar-refractivity contribution < 1.29 is 0 Å². The quantitative estimate of drug-likeness (QED) is 0.404. The predicted octanol–water partition coefficient (Wildman–Crippen LogP) is 1.51. The molecule has 0 atom stereocenters. The summed E-state index contributed by atoms with van der Waals surface area (Å²) in [6, 6.07) is 0. The first kappa shape index (κ1) is 18.6. The molecule has 0 fully saturated rings. The van der Waals surface area contributed by atoms with Gasteiger partial charge in [-0.15, -0.1) is 0 Å². The molecule has 0 aromatic heterocycles. The van der Waals surface area contributed by atoms with Crippen molar-refractivity contribution >= 4 is 12.5 Å². The van der Waals surface area contributed by atoms with Crippen molar-refractivity contribution in [1.29, 1.82) is 1.12 Å². The van der Waals surface area contributed by atoms with Crippen molar-refractivity contribution in [1.82, 2.24) is 12.3 Å². The molecule has 6 N–H and O–H groups in total. The van der Waals surface area contributed by atoms with Gasteiger partial charge in [0.25, 0.3) is 0 Å². The minimum Gasteiger partial charge on any atom is -0.344 e. The van der Waals surface area contributed by atoms with Crippen molar-refractivity contribution in [2.45, 2.75) is 7.43 Å². The first-order chi connectivity index (χ1) is 1.41. The van der Waals surface area contributed by atoms with E-state index in [4.69, 9.17) is 1.12 Å². The Bertz CT molecular complexity index is 11.5. The highest BCUT2D eigenvalue weighted by Crippen LogP contribution is 1.31. The summed E-state index contributed by atoms with van der Waals surface area (Å²) in [5.74, 6) is 0. The summed E-state index contributed by atoms with van der Waals surface area (Å²) in [6.45, 7) is 0. The molecule has 0 spiro atoms. The Balaban J connectivity index is -0.00000000667. The normalized spacial score (nSPS) is 3.80. The van der Waals surface area contributed by atoms with E-state index in [2.05, 4.69) is 0 Å². The molecule has 0 aliphatic carbocycles. The molecule has 2 nitrogen and oxygen atoms in total. The molecule has 0 aromatic rings. The summed E-state index contributed by atoms with van der Waals surface area (Å²) >= 11 is 1.000. The van der Waals surface area contributed by atoms with E-state index in [9.17, 15) is 0 Å². The van der Waals surface area contributed by atoms with Crippen LogP contribution in [0.3, 0.4) is 0 Å². The number of thiol groups is 1. The fourth-order valence-electron chi connectivity index (χ4n) is 0. The van der Waals surface area contributed by atoms with E-state index >= 15 is 0 Å². The standard InChI is InChI=1S/CH4S.CH4.2H3N/c1-2;;;/h2H,1H3;1H4;2*1H3/i/hT. The summed E-state index contributed by atoms with van der Waals surface area (Å²) in [5.41, 5.74) is 0. The zero-order valence-corrected chi connectivity index (χ0v) is 3.64. The number of hydrogen-bond donors (Lipinski definition) is 3. The van der Waals surface area contributed by atoms with Gasteiger partial charge in [-0.3, -0.25) is 0 Å². The van der Waals surface area contributed by atoms with Crippen molar-refractivity contribution in [2.75, 3.05) is 6.26 Å². The summed E-state index contributed by atoms with van der Waals surface area (Å²) in [7, 11) is 0. The maximum Gasteiger partial charge on any atom is 0.102 e. The molecule has 0 aliphatic heterocycles. The van der Waals surface area contributed by atoms with E-state index in [0.29, 0.717) is 0 Å². The topological polar surface area (TPSA) is 70.0 Å². The molecule has 0 amide bonds. The minimum atomic E-state index is 0. The van der Waals surface area contributed by atoms with Crippen LogP contribution in [-0.2, 0) is 0 Å². The summed E-state index contributed by atoms with van der Waals surface area (Å²) in [6.07, 6.45) is 1.71. The first-order valence-corrected chi connectivity index (χ1v) is 1.22. The Hall–Kier alpha value is 0.270. The number of rotatable bonds is 0. The molecule has 3 heteroatoms. The molecule has 0 saturated heterocycles. The molecule has 0 bridgehead atoms. The van der Waals surface area contributed by atoms with Crippen LogP contribution in [-0.4, -0.2) is 7.38 Å². The van der Waals surface area contributed by atoms with Gasteiger partial charge in [-0.05, 0) is 6.26 Å². The van der Waals surface area contributed by atoms with E-state index in [1.54, 1.807) is 6.26 Å². The zero-order valence-electron chi connectivity index (χ0n) is 3.82. The van der Waals surface area contributed by atoms with Gasteiger partial charge >= 0.3 is 0 Å². The van der Waals surface area contributed by atoms with Crippen molar-refractivity contribution in [2.24, 2.45) is 0 Å². The molecule has 0 saturated carbocycles. The average molecular weight is 100 g/mol. The van der Waals surface area contributed by atoms with Gasteiger partial charge in [-0.1, -0.05) is 7.43 Å². The van der Waals surface area contributed by atoms with Crippen LogP contribution in [0.4, 0.5) is 0 Å². The monoisotopic (exact) mass is 100 g/mol.